The lowest BCUT2D eigenvalue weighted by atomic mass is 10.1. The summed E-state index contributed by atoms with van der Waals surface area (Å²) in [7, 11) is 2.16. The van der Waals surface area contributed by atoms with E-state index in [1.165, 1.54) is 38.5 Å². The lowest BCUT2D eigenvalue weighted by molar-refractivity contribution is 0.187. The maximum Gasteiger partial charge on any atom is 0.241 e. The second kappa shape index (κ2) is 6.80. The molecule has 0 saturated heterocycles. The topological polar surface area (TPSA) is 55.1 Å². The fourth-order valence-corrected chi connectivity index (χ4v) is 2.97. The monoisotopic (exact) mass is 286 g/mol. The average molecular weight is 286 g/mol. The molecule has 0 bridgehead atoms. The summed E-state index contributed by atoms with van der Waals surface area (Å²) in [5.41, 5.74) is 0.893. The molecule has 3 rings (SSSR count). The maximum absolute atomic E-state index is 5.38. The van der Waals surface area contributed by atoms with E-state index in [0.717, 1.165) is 12.1 Å². The number of pyridine rings is 1. The zero-order chi connectivity index (χ0) is 14.5. The van der Waals surface area contributed by atoms with E-state index in [1.54, 1.807) is 12.4 Å². The number of hydrogen-bond donors (Lipinski definition) is 0. The molecule has 0 N–H and O–H groups in total. The smallest absolute Gasteiger partial charge is 0.241 e. The highest BCUT2D eigenvalue weighted by Crippen LogP contribution is 2.22. The third-order valence-corrected chi connectivity index (χ3v) is 4.22. The molecule has 5 heteroatoms. The van der Waals surface area contributed by atoms with Gasteiger partial charge in [-0.05, 0) is 32.0 Å². The second-order valence-corrected chi connectivity index (χ2v) is 5.81. The quantitative estimate of drug-likeness (QED) is 0.807. The minimum absolute atomic E-state index is 0.618. The van der Waals surface area contributed by atoms with Crippen LogP contribution < -0.4 is 0 Å². The van der Waals surface area contributed by atoms with Gasteiger partial charge >= 0.3 is 0 Å². The molecule has 1 aliphatic carbocycles. The fourth-order valence-electron chi connectivity index (χ4n) is 2.97. The Bertz CT molecular complexity index is 546. The molecular formula is C16H22N4O. The molecule has 5 nitrogen and oxygen atoms in total. The maximum atomic E-state index is 5.38. The minimum Gasteiger partial charge on any atom is -0.338 e. The van der Waals surface area contributed by atoms with Crippen LogP contribution in [-0.4, -0.2) is 33.1 Å². The molecule has 0 atom stereocenters. The van der Waals surface area contributed by atoms with Gasteiger partial charge in [0.1, 0.15) is 0 Å². The van der Waals surface area contributed by atoms with Crippen LogP contribution in [0.4, 0.5) is 0 Å². The summed E-state index contributed by atoms with van der Waals surface area (Å²) >= 11 is 0. The van der Waals surface area contributed by atoms with Gasteiger partial charge in [-0.1, -0.05) is 30.8 Å². The predicted molar refractivity (Wildman–Crippen MR) is 80.5 cm³/mol. The van der Waals surface area contributed by atoms with Crippen molar-refractivity contribution in [3.8, 4) is 11.4 Å². The van der Waals surface area contributed by atoms with Crippen molar-refractivity contribution >= 4 is 0 Å². The van der Waals surface area contributed by atoms with Crippen LogP contribution >= 0.6 is 0 Å². The molecular weight excluding hydrogens is 264 g/mol. The van der Waals surface area contributed by atoms with Crippen molar-refractivity contribution in [1.29, 1.82) is 0 Å². The molecule has 0 aliphatic heterocycles. The first-order chi connectivity index (χ1) is 10.3. The van der Waals surface area contributed by atoms with E-state index in [0.29, 0.717) is 17.8 Å². The Morgan fingerprint density at radius 1 is 1.24 bits per heavy atom. The van der Waals surface area contributed by atoms with Crippen LogP contribution in [0.15, 0.2) is 29.0 Å². The first-order valence-electron chi connectivity index (χ1n) is 7.76. The highest BCUT2D eigenvalue weighted by molar-refractivity contribution is 5.51. The largest absolute Gasteiger partial charge is 0.338 e. The molecule has 2 heterocycles. The Labute approximate surface area is 125 Å². The predicted octanol–water partition coefficient (Wildman–Crippen LogP) is 3.29. The highest BCUT2D eigenvalue weighted by Gasteiger charge is 2.19. The van der Waals surface area contributed by atoms with Gasteiger partial charge < -0.3 is 4.52 Å². The van der Waals surface area contributed by atoms with Gasteiger partial charge in [0.2, 0.25) is 11.7 Å². The van der Waals surface area contributed by atoms with Crippen molar-refractivity contribution in [1.82, 2.24) is 20.0 Å². The third-order valence-electron chi connectivity index (χ3n) is 4.22. The van der Waals surface area contributed by atoms with Crippen molar-refractivity contribution in [3.63, 3.8) is 0 Å². The highest BCUT2D eigenvalue weighted by atomic mass is 16.5. The van der Waals surface area contributed by atoms with Gasteiger partial charge in [0, 0.05) is 24.0 Å². The van der Waals surface area contributed by atoms with Gasteiger partial charge in [0.05, 0.1) is 6.54 Å². The molecule has 0 aromatic carbocycles. The van der Waals surface area contributed by atoms with Gasteiger partial charge in [0.15, 0.2) is 0 Å². The van der Waals surface area contributed by atoms with E-state index in [1.807, 2.05) is 12.1 Å². The van der Waals surface area contributed by atoms with Crippen LogP contribution in [0.25, 0.3) is 11.4 Å². The van der Waals surface area contributed by atoms with Gasteiger partial charge in [-0.25, -0.2) is 0 Å². The first-order valence-corrected chi connectivity index (χ1v) is 7.76. The van der Waals surface area contributed by atoms with E-state index in [2.05, 4.69) is 27.1 Å². The lowest BCUT2D eigenvalue weighted by Crippen LogP contribution is -2.30. The molecule has 1 saturated carbocycles. The number of hydrogen-bond acceptors (Lipinski definition) is 5. The fraction of sp³-hybridized carbons (Fsp3) is 0.562. The summed E-state index contributed by atoms with van der Waals surface area (Å²) < 4.78 is 5.38. The molecule has 0 unspecified atom stereocenters. The van der Waals surface area contributed by atoms with Crippen molar-refractivity contribution in [2.24, 2.45) is 0 Å². The average Bonchev–Trinajstić information content (AvgIpc) is 2.81. The Balaban J connectivity index is 1.64. The van der Waals surface area contributed by atoms with Gasteiger partial charge in [0.25, 0.3) is 0 Å². The van der Waals surface area contributed by atoms with E-state index >= 15 is 0 Å². The lowest BCUT2D eigenvalue weighted by Gasteiger charge is -2.25. The Kier molecular flexibility index (Phi) is 4.60. The van der Waals surface area contributed by atoms with Crippen LogP contribution in [0.3, 0.4) is 0 Å². The number of nitrogens with zero attached hydrogens (tertiary/aromatic N) is 4. The van der Waals surface area contributed by atoms with Crippen LogP contribution in [-0.2, 0) is 6.54 Å². The molecule has 0 spiro atoms. The molecule has 2 aromatic rings. The van der Waals surface area contributed by atoms with E-state index in [-0.39, 0.29) is 0 Å². The normalized spacial score (nSPS) is 17.0. The summed E-state index contributed by atoms with van der Waals surface area (Å²) in [6.07, 6.45) is 11.5. The second-order valence-electron chi connectivity index (χ2n) is 5.81. The SMILES string of the molecule is CN(Cc1nc(-c2cccnc2)no1)C1CCCCCC1. The van der Waals surface area contributed by atoms with Crippen LogP contribution in [0.1, 0.15) is 44.4 Å². The molecule has 2 aromatic heterocycles. The number of aromatic nitrogens is 3. The Hall–Kier alpha value is -1.75. The van der Waals surface area contributed by atoms with Gasteiger partial charge in [-0.2, -0.15) is 4.98 Å². The first kappa shape index (κ1) is 14.2. The van der Waals surface area contributed by atoms with E-state index in [9.17, 15) is 0 Å². The molecule has 0 amide bonds. The van der Waals surface area contributed by atoms with Crippen molar-refractivity contribution in [2.45, 2.75) is 51.1 Å². The van der Waals surface area contributed by atoms with Crippen molar-refractivity contribution in [2.75, 3.05) is 7.05 Å². The zero-order valence-corrected chi connectivity index (χ0v) is 12.5. The van der Waals surface area contributed by atoms with Gasteiger partial charge in [-0.3, -0.25) is 9.88 Å². The standard InChI is InChI=1S/C16H22N4O/c1-20(14-8-4-2-3-5-9-14)12-15-18-16(19-21-15)13-7-6-10-17-11-13/h6-7,10-11,14H,2-5,8-9,12H2,1H3. The Morgan fingerprint density at radius 3 is 2.76 bits per heavy atom. The van der Waals surface area contributed by atoms with Crippen LogP contribution in [0.2, 0.25) is 0 Å². The summed E-state index contributed by atoms with van der Waals surface area (Å²) in [5, 5.41) is 4.05. The Morgan fingerprint density at radius 2 is 2.05 bits per heavy atom. The number of rotatable bonds is 4. The molecule has 1 aliphatic rings. The summed E-state index contributed by atoms with van der Waals surface area (Å²) in [6, 6.07) is 4.46. The molecule has 0 radical (unpaired) electrons. The molecule has 1 fully saturated rings. The van der Waals surface area contributed by atoms with E-state index < -0.39 is 0 Å². The summed E-state index contributed by atoms with van der Waals surface area (Å²) in [4.78, 5) is 10.9. The van der Waals surface area contributed by atoms with Crippen LogP contribution in [0.5, 0.6) is 0 Å². The van der Waals surface area contributed by atoms with Crippen molar-refractivity contribution in [3.05, 3.63) is 30.4 Å². The minimum atomic E-state index is 0.618. The van der Waals surface area contributed by atoms with E-state index in [4.69, 9.17) is 4.52 Å². The molecule has 112 valence electrons. The zero-order valence-electron chi connectivity index (χ0n) is 12.5. The molecule has 21 heavy (non-hydrogen) atoms. The van der Waals surface area contributed by atoms with Crippen LogP contribution in [0, 0.1) is 0 Å². The third kappa shape index (κ3) is 3.67. The van der Waals surface area contributed by atoms with Crippen molar-refractivity contribution < 1.29 is 4.52 Å². The van der Waals surface area contributed by atoms with Gasteiger partial charge in [-0.15, -0.1) is 0 Å². The summed E-state index contributed by atoms with van der Waals surface area (Å²) in [6.45, 7) is 0.720. The summed E-state index contributed by atoms with van der Waals surface area (Å²) in [5.74, 6) is 1.30.